The molecule has 1 aliphatic carbocycles. The van der Waals surface area contributed by atoms with Gasteiger partial charge in [-0.2, -0.15) is 0 Å². The molecule has 0 radical (unpaired) electrons. The van der Waals surface area contributed by atoms with Gasteiger partial charge in [0.25, 0.3) is 0 Å². The van der Waals surface area contributed by atoms with Gasteiger partial charge in [-0.25, -0.2) is 0 Å². The largest absolute Gasteiger partial charge is 0.508 e. The molecule has 116 valence electrons. The molecule has 0 heterocycles. The van der Waals surface area contributed by atoms with Crippen molar-refractivity contribution in [1.29, 1.82) is 0 Å². The van der Waals surface area contributed by atoms with Crippen LogP contribution in [0.25, 0.3) is 0 Å². The van der Waals surface area contributed by atoms with Crippen LogP contribution in [0.3, 0.4) is 0 Å². The highest BCUT2D eigenvalue weighted by Gasteiger charge is 1.95. The van der Waals surface area contributed by atoms with Crippen LogP contribution >= 0.6 is 0 Å². The van der Waals surface area contributed by atoms with Gasteiger partial charge in [-0.3, -0.25) is 0 Å². The van der Waals surface area contributed by atoms with Crippen molar-refractivity contribution in [3.63, 3.8) is 0 Å². The topological polar surface area (TPSA) is 20.2 Å². The second-order valence-corrected chi connectivity index (χ2v) is 5.32. The lowest BCUT2D eigenvalue weighted by molar-refractivity contribution is 0.433. The first-order chi connectivity index (χ1) is 10.2. The van der Waals surface area contributed by atoms with Crippen molar-refractivity contribution in [2.45, 2.75) is 52.4 Å². The molecule has 0 spiro atoms. The standard InChI is InChI=1S/C8H12O.C6H12.C6H6/c1-4-8(9)6-5-7(2)3;2*1-2-4-6-5-3-1/h4-6,9H,1H2,2-3H3;1-6H2;1-6H/b8-6+;;. The fourth-order valence-corrected chi connectivity index (χ4v) is 1.77. The lowest BCUT2D eigenvalue weighted by atomic mass is 10.0. The molecule has 1 fully saturated rings. The fourth-order valence-electron chi connectivity index (χ4n) is 1.77. The van der Waals surface area contributed by atoms with Crippen molar-refractivity contribution >= 4 is 0 Å². The Morgan fingerprint density at radius 1 is 0.762 bits per heavy atom. The Kier molecular flexibility index (Phi) is 13.4. The summed E-state index contributed by atoms with van der Waals surface area (Å²) < 4.78 is 0. The Labute approximate surface area is 130 Å². The molecule has 1 N–H and O–H groups in total. The van der Waals surface area contributed by atoms with Crippen molar-refractivity contribution in [3.05, 3.63) is 72.5 Å². The lowest BCUT2D eigenvalue weighted by Crippen LogP contribution is -1.85. The summed E-state index contributed by atoms with van der Waals surface area (Å²) in [6.45, 7) is 7.32. The van der Waals surface area contributed by atoms with Crippen LogP contribution in [0.1, 0.15) is 52.4 Å². The van der Waals surface area contributed by atoms with Crippen LogP contribution in [0.15, 0.2) is 72.5 Å². The second kappa shape index (κ2) is 14.6. The van der Waals surface area contributed by atoms with Gasteiger partial charge in [0.1, 0.15) is 5.76 Å². The number of hydrogen-bond acceptors (Lipinski definition) is 1. The van der Waals surface area contributed by atoms with E-state index in [1.807, 2.05) is 56.3 Å². The summed E-state index contributed by atoms with van der Waals surface area (Å²) in [6.07, 6.45) is 13.8. The van der Waals surface area contributed by atoms with E-state index in [1.54, 1.807) is 6.08 Å². The normalized spacial score (nSPS) is 13.7. The number of allylic oxidation sites excluding steroid dienone is 4. The molecule has 21 heavy (non-hydrogen) atoms. The van der Waals surface area contributed by atoms with E-state index in [0.29, 0.717) is 0 Å². The van der Waals surface area contributed by atoms with Crippen LogP contribution in [0, 0.1) is 0 Å². The molecule has 0 aromatic heterocycles. The summed E-state index contributed by atoms with van der Waals surface area (Å²) in [6, 6.07) is 12.0. The Hall–Kier alpha value is -1.76. The monoisotopic (exact) mass is 286 g/mol. The summed E-state index contributed by atoms with van der Waals surface area (Å²) in [5, 5.41) is 8.81. The first kappa shape index (κ1) is 19.2. The third-order valence-corrected chi connectivity index (χ3v) is 2.96. The van der Waals surface area contributed by atoms with Gasteiger partial charge in [0.05, 0.1) is 0 Å². The van der Waals surface area contributed by atoms with Crippen LogP contribution in [0.4, 0.5) is 0 Å². The molecular formula is C20H30O. The third kappa shape index (κ3) is 16.2. The maximum atomic E-state index is 8.81. The number of rotatable bonds is 2. The van der Waals surface area contributed by atoms with Gasteiger partial charge in [0.15, 0.2) is 0 Å². The second-order valence-electron chi connectivity index (χ2n) is 5.32. The maximum Gasteiger partial charge on any atom is 0.114 e. The van der Waals surface area contributed by atoms with Gasteiger partial charge in [-0.1, -0.05) is 93.2 Å². The van der Waals surface area contributed by atoms with Crippen LogP contribution in [-0.4, -0.2) is 5.11 Å². The van der Waals surface area contributed by atoms with Crippen LogP contribution in [0.5, 0.6) is 0 Å². The third-order valence-electron chi connectivity index (χ3n) is 2.96. The molecule has 1 saturated carbocycles. The fraction of sp³-hybridized carbons (Fsp3) is 0.400. The molecule has 0 saturated heterocycles. The first-order valence-electron chi connectivity index (χ1n) is 7.83. The Morgan fingerprint density at radius 3 is 1.33 bits per heavy atom. The highest BCUT2D eigenvalue weighted by molar-refractivity contribution is 5.17. The van der Waals surface area contributed by atoms with Crippen LogP contribution in [-0.2, 0) is 0 Å². The number of benzene rings is 1. The van der Waals surface area contributed by atoms with E-state index in [9.17, 15) is 0 Å². The minimum absolute atomic E-state index is 0.205. The Balaban J connectivity index is 0.000000293. The number of aliphatic hydroxyl groups excluding tert-OH is 1. The number of hydrogen-bond donors (Lipinski definition) is 1. The van der Waals surface area contributed by atoms with E-state index in [4.69, 9.17) is 5.11 Å². The van der Waals surface area contributed by atoms with Crippen molar-refractivity contribution in [2.24, 2.45) is 0 Å². The zero-order chi connectivity index (χ0) is 15.8. The van der Waals surface area contributed by atoms with Crippen LogP contribution < -0.4 is 0 Å². The summed E-state index contributed by atoms with van der Waals surface area (Å²) in [7, 11) is 0. The van der Waals surface area contributed by atoms with Crippen molar-refractivity contribution in [2.75, 3.05) is 0 Å². The molecule has 0 aliphatic heterocycles. The van der Waals surface area contributed by atoms with Crippen molar-refractivity contribution < 1.29 is 5.11 Å². The Bertz CT molecular complexity index is 355. The molecule has 0 amide bonds. The van der Waals surface area contributed by atoms with Gasteiger partial charge in [0, 0.05) is 0 Å². The van der Waals surface area contributed by atoms with E-state index >= 15 is 0 Å². The molecule has 2 rings (SSSR count). The van der Waals surface area contributed by atoms with E-state index in [2.05, 4.69) is 6.58 Å². The molecule has 1 nitrogen and oxygen atoms in total. The predicted octanol–water partition coefficient (Wildman–Crippen LogP) is 6.61. The van der Waals surface area contributed by atoms with Crippen molar-refractivity contribution in [3.8, 4) is 0 Å². The summed E-state index contributed by atoms with van der Waals surface area (Å²) in [4.78, 5) is 0. The van der Waals surface area contributed by atoms with Gasteiger partial charge < -0.3 is 5.11 Å². The maximum absolute atomic E-state index is 8.81. The van der Waals surface area contributed by atoms with E-state index in [0.717, 1.165) is 5.57 Å². The Morgan fingerprint density at radius 2 is 1.10 bits per heavy atom. The number of aliphatic hydroxyl groups is 1. The van der Waals surface area contributed by atoms with Gasteiger partial charge >= 0.3 is 0 Å². The molecule has 1 heteroatoms. The van der Waals surface area contributed by atoms with Crippen LogP contribution in [0.2, 0.25) is 0 Å². The zero-order valence-electron chi connectivity index (χ0n) is 13.6. The molecular weight excluding hydrogens is 256 g/mol. The quantitative estimate of drug-likeness (QED) is 0.479. The zero-order valence-corrected chi connectivity index (χ0v) is 13.6. The molecule has 0 unspecified atom stereocenters. The van der Waals surface area contributed by atoms with E-state index in [1.165, 1.54) is 44.6 Å². The van der Waals surface area contributed by atoms with Gasteiger partial charge in [-0.05, 0) is 26.0 Å². The van der Waals surface area contributed by atoms with Gasteiger partial charge in [0.2, 0.25) is 0 Å². The summed E-state index contributed by atoms with van der Waals surface area (Å²) >= 11 is 0. The molecule has 1 aromatic carbocycles. The minimum Gasteiger partial charge on any atom is -0.508 e. The SMILES string of the molecule is C1CCCCC1.C=C/C(O)=C\C=C(C)C.c1ccccc1. The highest BCUT2D eigenvalue weighted by Crippen LogP contribution is 2.15. The summed E-state index contributed by atoms with van der Waals surface area (Å²) in [5.74, 6) is 0.205. The first-order valence-corrected chi connectivity index (χ1v) is 7.83. The smallest absolute Gasteiger partial charge is 0.114 e. The molecule has 1 aromatic rings. The average Bonchev–Trinajstić information content (AvgIpc) is 2.57. The van der Waals surface area contributed by atoms with E-state index in [-0.39, 0.29) is 5.76 Å². The molecule has 0 atom stereocenters. The predicted molar refractivity (Wildman–Crippen MR) is 94.5 cm³/mol. The van der Waals surface area contributed by atoms with Crippen molar-refractivity contribution in [1.82, 2.24) is 0 Å². The summed E-state index contributed by atoms with van der Waals surface area (Å²) in [5.41, 5.74) is 1.16. The molecule has 1 aliphatic rings. The van der Waals surface area contributed by atoms with E-state index < -0.39 is 0 Å². The average molecular weight is 286 g/mol. The van der Waals surface area contributed by atoms with Gasteiger partial charge in [-0.15, -0.1) is 0 Å². The lowest BCUT2D eigenvalue weighted by Gasteiger charge is -2.05. The molecule has 0 bridgehead atoms. The minimum atomic E-state index is 0.205. The highest BCUT2D eigenvalue weighted by atomic mass is 16.3.